The van der Waals surface area contributed by atoms with Crippen molar-refractivity contribution in [2.75, 3.05) is 0 Å². The smallest absolute Gasteiger partial charge is 0.126 e. The van der Waals surface area contributed by atoms with Gasteiger partial charge in [0.25, 0.3) is 0 Å². The van der Waals surface area contributed by atoms with Crippen molar-refractivity contribution in [3.05, 3.63) is 71.3 Å². The van der Waals surface area contributed by atoms with Gasteiger partial charge in [-0.3, -0.25) is 0 Å². The molecule has 0 amide bonds. The highest BCUT2D eigenvalue weighted by Crippen LogP contribution is 2.20. The Morgan fingerprint density at radius 1 is 1.00 bits per heavy atom. The predicted octanol–water partition coefficient (Wildman–Crippen LogP) is 3.63. The van der Waals surface area contributed by atoms with E-state index in [1.54, 1.807) is 0 Å². The maximum atomic E-state index is 13.4. The number of hydrogen-bond donors (Lipinski definition) is 1. The van der Waals surface area contributed by atoms with Gasteiger partial charge in [0.15, 0.2) is 0 Å². The van der Waals surface area contributed by atoms with Gasteiger partial charge in [0, 0.05) is 0 Å². The molecular formula is C15H14F2O. The van der Waals surface area contributed by atoms with Crippen molar-refractivity contribution in [1.29, 1.82) is 0 Å². The van der Waals surface area contributed by atoms with Crippen LogP contribution in [0.1, 0.15) is 23.7 Å². The molecule has 3 heteroatoms. The van der Waals surface area contributed by atoms with E-state index in [0.29, 0.717) is 18.4 Å². The zero-order valence-corrected chi connectivity index (χ0v) is 9.81. The number of aryl methyl sites for hydroxylation is 1. The Balaban J connectivity index is 2.01. The van der Waals surface area contributed by atoms with E-state index < -0.39 is 17.7 Å². The summed E-state index contributed by atoms with van der Waals surface area (Å²) in [6, 6.07) is 12.5. The van der Waals surface area contributed by atoms with Crippen molar-refractivity contribution < 1.29 is 13.9 Å². The molecule has 1 N–H and O–H groups in total. The lowest BCUT2D eigenvalue weighted by molar-refractivity contribution is 0.167. The number of aliphatic hydroxyl groups is 1. The van der Waals surface area contributed by atoms with Crippen LogP contribution in [0.4, 0.5) is 8.78 Å². The summed E-state index contributed by atoms with van der Waals surface area (Å²) in [6.07, 6.45) is 0.0122. The molecule has 18 heavy (non-hydrogen) atoms. The quantitative estimate of drug-likeness (QED) is 0.876. The Hall–Kier alpha value is -1.74. The number of rotatable bonds is 4. The molecule has 0 aliphatic rings. The molecule has 0 fully saturated rings. The van der Waals surface area contributed by atoms with Gasteiger partial charge in [-0.05, 0) is 42.2 Å². The summed E-state index contributed by atoms with van der Waals surface area (Å²) < 4.78 is 26.3. The first-order valence-electron chi connectivity index (χ1n) is 5.84. The number of hydrogen-bond acceptors (Lipinski definition) is 1. The Morgan fingerprint density at radius 3 is 2.44 bits per heavy atom. The average molecular weight is 248 g/mol. The van der Waals surface area contributed by atoms with Gasteiger partial charge >= 0.3 is 0 Å². The van der Waals surface area contributed by atoms with E-state index >= 15 is 0 Å². The lowest BCUT2D eigenvalue weighted by Gasteiger charge is -2.11. The van der Waals surface area contributed by atoms with Crippen LogP contribution in [0.2, 0.25) is 0 Å². The minimum absolute atomic E-state index is 0.296. The van der Waals surface area contributed by atoms with Crippen molar-refractivity contribution in [3.8, 4) is 0 Å². The lowest BCUT2D eigenvalue weighted by atomic mass is 10.0. The first-order valence-corrected chi connectivity index (χ1v) is 5.84. The molecule has 0 saturated heterocycles. The van der Waals surface area contributed by atoms with E-state index in [0.717, 1.165) is 17.7 Å². The summed E-state index contributed by atoms with van der Waals surface area (Å²) in [5, 5.41) is 9.93. The molecule has 2 rings (SSSR count). The monoisotopic (exact) mass is 248 g/mol. The van der Waals surface area contributed by atoms with Gasteiger partial charge in [-0.25, -0.2) is 8.78 Å². The van der Waals surface area contributed by atoms with Crippen molar-refractivity contribution in [3.63, 3.8) is 0 Å². The van der Waals surface area contributed by atoms with Crippen LogP contribution in [0.5, 0.6) is 0 Å². The third-order valence-electron chi connectivity index (χ3n) is 2.88. The predicted molar refractivity (Wildman–Crippen MR) is 66.1 cm³/mol. The van der Waals surface area contributed by atoms with Crippen LogP contribution in [0.15, 0.2) is 48.5 Å². The first-order chi connectivity index (χ1) is 8.66. The molecule has 0 spiro atoms. The largest absolute Gasteiger partial charge is 0.388 e. The molecule has 0 radical (unpaired) electrons. The Bertz CT molecular complexity index is 511. The van der Waals surface area contributed by atoms with Gasteiger partial charge in [-0.1, -0.05) is 30.3 Å². The van der Waals surface area contributed by atoms with Crippen LogP contribution in [0.3, 0.4) is 0 Å². The zero-order chi connectivity index (χ0) is 13.0. The molecule has 0 aliphatic carbocycles. The minimum Gasteiger partial charge on any atom is -0.388 e. The molecule has 1 unspecified atom stereocenters. The second-order valence-electron chi connectivity index (χ2n) is 4.20. The van der Waals surface area contributed by atoms with E-state index in [1.807, 2.05) is 30.3 Å². The van der Waals surface area contributed by atoms with Crippen LogP contribution in [-0.4, -0.2) is 5.11 Å². The van der Waals surface area contributed by atoms with Gasteiger partial charge in [0.05, 0.1) is 6.10 Å². The summed E-state index contributed by atoms with van der Waals surface area (Å²) in [4.78, 5) is 0. The second-order valence-corrected chi connectivity index (χ2v) is 4.20. The van der Waals surface area contributed by atoms with Crippen molar-refractivity contribution in [1.82, 2.24) is 0 Å². The molecule has 1 atom stereocenters. The van der Waals surface area contributed by atoms with Crippen LogP contribution in [0.25, 0.3) is 0 Å². The van der Waals surface area contributed by atoms with Crippen LogP contribution < -0.4 is 0 Å². The number of benzene rings is 2. The maximum Gasteiger partial charge on any atom is 0.126 e. The van der Waals surface area contributed by atoms with Crippen molar-refractivity contribution >= 4 is 0 Å². The van der Waals surface area contributed by atoms with Crippen molar-refractivity contribution in [2.45, 2.75) is 18.9 Å². The van der Waals surface area contributed by atoms with E-state index in [2.05, 4.69) is 0 Å². The normalized spacial score (nSPS) is 12.4. The summed E-state index contributed by atoms with van der Waals surface area (Å²) >= 11 is 0. The molecule has 94 valence electrons. The fourth-order valence-electron chi connectivity index (χ4n) is 1.87. The van der Waals surface area contributed by atoms with E-state index in [4.69, 9.17) is 0 Å². The molecule has 0 bridgehead atoms. The summed E-state index contributed by atoms with van der Waals surface area (Å²) in [5.41, 5.74) is 1.08. The summed E-state index contributed by atoms with van der Waals surface area (Å²) in [5.74, 6) is -0.891. The summed E-state index contributed by atoms with van der Waals surface area (Å²) in [7, 11) is 0. The second kappa shape index (κ2) is 5.74. The van der Waals surface area contributed by atoms with Gasteiger partial charge in [-0.15, -0.1) is 0 Å². The standard InChI is InChI=1S/C15H14F2O/c16-13-7-8-14(17)12(10-13)6-9-15(18)11-4-2-1-3-5-11/h1-5,7-8,10,15,18H,6,9H2. The Morgan fingerprint density at radius 2 is 1.72 bits per heavy atom. The number of aliphatic hydroxyl groups excluding tert-OH is 1. The molecule has 2 aromatic carbocycles. The molecule has 0 heterocycles. The molecule has 1 nitrogen and oxygen atoms in total. The average Bonchev–Trinajstić information content (AvgIpc) is 2.40. The fraction of sp³-hybridized carbons (Fsp3) is 0.200. The van der Waals surface area contributed by atoms with Crippen LogP contribution in [-0.2, 0) is 6.42 Å². The molecular weight excluding hydrogens is 234 g/mol. The van der Waals surface area contributed by atoms with Crippen molar-refractivity contribution in [2.24, 2.45) is 0 Å². The van der Waals surface area contributed by atoms with Gasteiger partial charge in [0.1, 0.15) is 11.6 Å². The highest BCUT2D eigenvalue weighted by atomic mass is 19.1. The van der Waals surface area contributed by atoms with Crippen LogP contribution in [0, 0.1) is 11.6 Å². The van der Waals surface area contributed by atoms with Crippen LogP contribution >= 0.6 is 0 Å². The molecule has 0 saturated carbocycles. The fourth-order valence-corrected chi connectivity index (χ4v) is 1.87. The Labute approximate surface area is 105 Å². The van der Waals surface area contributed by atoms with Gasteiger partial charge in [0.2, 0.25) is 0 Å². The Kier molecular flexibility index (Phi) is 4.05. The van der Waals surface area contributed by atoms with E-state index in [9.17, 15) is 13.9 Å². The molecule has 2 aromatic rings. The molecule has 0 aromatic heterocycles. The third-order valence-corrected chi connectivity index (χ3v) is 2.88. The lowest BCUT2D eigenvalue weighted by Crippen LogP contribution is -2.01. The first kappa shape index (κ1) is 12.7. The highest BCUT2D eigenvalue weighted by Gasteiger charge is 2.10. The third kappa shape index (κ3) is 3.14. The SMILES string of the molecule is OC(CCc1cc(F)ccc1F)c1ccccc1. The summed E-state index contributed by atoms with van der Waals surface area (Å²) in [6.45, 7) is 0. The molecule has 0 aliphatic heterocycles. The van der Waals surface area contributed by atoms with E-state index in [1.165, 1.54) is 6.07 Å². The maximum absolute atomic E-state index is 13.4. The minimum atomic E-state index is -0.658. The number of halogens is 2. The topological polar surface area (TPSA) is 20.2 Å². The highest BCUT2D eigenvalue weighted by molar-refractivity contribution is 5.21. The van der Waals surface area contributed by atoms with E-state index in [-0.39, 0.29) is 0 Å². The van der Waals surface area contributed by atoms with Gasteiger partial charge in [-0.2, -0.15) is 0 Å². The zero-order valence-electron chi connectivity index (χ0n) is 9.81. The van der Waals surface area contributed by atoms with Gasteiger partial charge < -0.3 is 5.11 Å².